The largest absolute Gasteiger partial charge is 0.323 e. The fraction of sp³-hybridized carbons (Fsp3) is 0.250. The second-order valence-corrected chi connectivity index (χ2v) is 5.38. The minimum atomic E-state index is -0.228. The standard InChI is InChI=1S/C16H15ClFN3/c1-11-8-15-14(9-13(11)18)20-16(2-5-17)21(15)10-12-3-6-19-7-4-12/h3-4,6-9H,2,5,10H2,1H3. The molecule has 0 amide bonds. The Balaban J connectivity index is 2.13. The summed E-state index contributed by atoms with van der Waals surface area (Å²) in [5.41, 5.74) is 3.36. The fourth-order valence-corrected chi connectivity index (χ4v) is 2.59. The number of aromatic nitrogens is 3. The van der Waals surface area contributed by atoms with Gasteiger partial charge in [0.25, 0.3) is 0 Å². The highest BCUT2D eigenvalue weighted by molar-refractivity contribution is 6.17. The lowest BCUT2D eigenvalue weighted by Crippen LogP contribution is -2.06. The lowest BCUT2D eigenvalue weighted by molar-refractivity contribution is 0.620. The van der Waals surface area contributed by atoms with E-state index in [2.05, 4.69) is 14.5 Å². The van der Waals surface area contributed by atoms with Crippen LogP contribution < -0.4 is 0 Å². The normalized spacial score (nSPS) is 11.2. The molecule has 0 bridgehead atoms. The first-order valence-electron chi connectivity index (χ1n) is 6.79. The summed E-state index contributed by atoms with van der Waals surface area (Å²) in [7, 11) is 0. The van der Waals surface area contributed by atoms with Crippen molar-refractivity contribution >= 4 is 22.6 Å². The van der Waals surface area contributed by atoms with Crippen molar-refractivity contribution in [1.29, 1.82) is 0 Å². The quantitative estimate of drug-likeness (QED) is 0.688. The maximum absolute atomic E-state index is 13.7. The Bertz CT molecular complexity index is 768. The predicted octanol–water partition coefficient (Wildman–Crippen LogP) is 3.71. The summed E-state index contributed by atoms with van der Waals surface area (Å²) >= 11 is 5.86. The highest BCUT2D eigenvalue weighted by Gasteiger charge is 2.13. The number of pyridine rings is 1. The summed E-state index contributed by atoms with van der Waals surface area (Å²) in [6.45, 7) is 2.44. The smallest absolute Gasteiger partial charge is 0.128 e. The molecule has 0 aliphatic heterocycles. The van der Waals surface area contributed by atoms with Gasteiger partial charge in [-0.1, -0.05) is 0 Å². The van der Waals surface area contributed by atoms with Gasteiger partial charge in [-0.15, -0.1) is 11.6 Å². The summed E-state index contributed by atoms with van der Waals surface area (Å²) in [6.07, 6.45) is 4.18. The SMILES string of the molecule is Cc1cc2c(cc1F)nc(CCCl)n2Cc1ccncc1. The van der Waals surface area contributed by atoms with Crippen LogP contribution >= 0.6 is 11.6 Å². The van der Waals surface area contributed by atoms with Gasteiger partial charge in [-0.2, -0.15) is 0 Å². The van der Waals surface area contributed by atoms with Crippen LogP contribution in [-0.4, -0.2) is 20.4 Å². The van der Waals surface area contributed by atoms with Crippen molar-refractivity contribution in [3.8, 4) is 0 Å². The number of hydrogen-bond acceptors (Lipinski definition) is 2. The zero-order chi connectivity index (χ0) is 14.8. The maximum Gasteiger partial charge on any atom is 0.128 e. The lowest BCUT2D eigenvalue weighted by Gasteiger charge is -2.09. The van der Waals surface area contributed by atoms with Crippen molar-refractivity contribution in [3.63, 3.8) is 0 Å². The van der Waals surface area contributed by atoms with Gasteiger partial charge in [-0.25, -0.2) is 9.37 Å². The average Bonchev–Trinajstić information content (AvgIpc) is 2.79. The van der Waals surface area contributed by atoms with Gasteiger partial charge >= 0.3 is 0 Å². The van der Waals surface area contributed by atoms with Gasteiger partial charge in [0.1, 0.15) is 11.6 Å². The Morgan fingerprint density at radius 1 is 1.24 bits per heavy atom. The van der Waals surface area contributed by atoms with Crippen LogP contribution in [-0.2, 0) is 13.0 Å². The molecular weight excluding hydrogens is 289 g/mol. The van der Waals surface area contributed by atoms with E-state index in [1.165, 1.54) is 6.07 Å². The second kappa shape index (κ2) is 5.82. The van der Waals surface area contributed by atoms with Crippen LogP contribution in [0.3, 0.4) is 0 Å². The minimum Gasteiger partial charge on any atom is -0.323 e. The molecule has 3 rings (SSSR count). The van der Waals surface area contributed by atoms with Crippen molar-refractivity contribution < 1.29 is 4.39 Å². The molecule has 0 atom stereocenters. The summed E-state index contributed by atoms with van der Waals surface area (Å²) in [5, 5.41) is 0. The lowest BCUT2D eigenvalue weighted by atomic mass is 10.2. The Labute approximate surface area is 127 Å². The van der Waals surface area contributed by atoms with Crippen molar-refractivity contribution in [2.75, 3.05) is 5.88 Å². The van der Waals surface area contributed by atoms with Crippen LogP contribution in [0.25, 0.3) is 11.0 Å². The summed E-state index contributed by atoms with van der Waals surface area (Å²) in [5.74, 6) is 1.14. The molecule has 0 saturated carbocycles. The number of nitrogens with zero attached hydrogens (tertiary/aromatic N) is 3. The van der Waals surface area contributed by atoms with Gasteiger partial charge in [0.05, 0.1) is 11.0 Å². The predicted molar refractivity (Wildman–Crippen MR) is 82.2 cm³/mol. The molecule has 2 aromatic heterocycles. The van der Waals surface area contributed by atoms with E-state index >= 15 is 0 Å². The van der Waals surface area contributed by atoms with E-state index < -0.39 is 0 Å². The van der Waals surface area contributed by atoms with Gasteiger partial charge in [-0.3, -0.25) is 4.98 Å². The maximum atomic E-state index is 13.7. The number of rotatable bonds is 4. The van der Waals surface area contributed by atoms with Crippen molar-refractivity contribution in [3.05, 3.63) is 59.4 Å². The van der Waals surface area contributed by atoms with Crippen LogP contribution in [0.2, 0.25) is 0 Å². The van der Waals surface area contributed by atoms with Gasteiger partial charge in [-0.05, 0) is 36.2 Å². The number of hydrogen-bond donors (Lipinski definition) is 0. The molecule has 0 unspecified atom stereocenters. The third kappa shape index (κ3) is 2.76. The van der Waals surface area contributed by atoms with Crippen molar-refractivity contribution in [2.24, 2.45) is 0 Å². The summed E-state index contributed by atoms with van der Waals surface area (Å²) < 4.78 is 15.8. The Morgan fingerprint density at radius 3 is 2.71 bits per heavy atom. The summed E-state index contributed by atoms with van der Waals surface area (Å²) in [6, 6.07) is 7.27. The van der Waals surface area contributed by atoms with E-state index in [0.29, 0.717) is 29.9 Å². The zero-order valence-corrected chi connectivity index (χ0v) is 12.4. The summed E-state index contributed by atoms with van der Waals surface area (Å²) in [4.78, 5) is 8.55. The minimum absolute atomic E-state index is 0.228. The number of halogens is 2. The molecule has 0 saturated heterocycles. The van der Waals surface area contributed by atoms with E-state index in [9.17, 15) is 4.39 Å². The van der Waals surface area contributed by atoms with E-state index in [4.69, 9.17) is 11.6 Å². The van der Waals surface area contributed by atoms with Crippen LogP contribution in [0, 0.1) is 12.7 Å². The van der Waals surface area contributed by atoms with Gasteiger partial charge in [0.15, 0.2) is 0 Å². The molecule has 0 spiro atoms. The van der Waals surface area contributed by atoms with Gasteiger partial charge < -0.3 is 4.57 Å². The third-order valence-corrected chi connectivity index (χ3v) is 3.70. The molecule has 0 aliphatic rings. The Hall–Kier alpha value is -1.94. The van der Waals surface area contributed by atoms with Crippen LogP contribution in [0.1, 0.15) is 17.0 Å². The first-order valence-corrected chi connectivity index (χ1v) is 7.32. The number of aryl methyl sites for hydroxylation is 2. The van der Waals surface area contributed by atoms with E-state index in [0.717, 1.165) is 16.9 Å². The van der Waals surface area contributed by atoms with Crippen LogP contribution in [0.15, 0.2) is 36.7 Å². The number of benzene rings is 1. The third-order valence-electron chi connectivity index (χ3n) is 3.52. The molecule has 0 radical (unpaired) electrons. The average molecular weight is 304 g/mol. The van der Waals surface area contributed by atoms with Gasteiger partial charge in [0, 0.05) is 37.3 Å². The first-order chi connectivity index (χ1) is 10.2. The molecule has 0 aliphatic carbocycles. The van der Waals surface area contributed by atoms with Crippen LogP contribution in [0.5, 0.6) is 0 Å². The zero-order valence-electron chi connectivity index (χ0n) is 11.7. The molecule has 21 heavy (non-hydrogen) atoms. The molecule has 0 fully saturated rings. The molecule has 2 heterocycles. The molecule has 0 N–H and O–H groups in total. The molecule has 1 aromatic carbocycles. The topological polar surface area (TPSA) is 30.7 Å². The molecule has 3 nitrogen and oxygen atoms in total. The van der Waals surface area contributed by atoms with Gasteiger partial charge in [0.2, 0.25) is 0 Å². The Morgan fingerprint density at radius 2 is 2.00 bits per heavy atom. The first kappa shape index (κ1) is 14.0. The molecule has 3 aromatic rings. The highest BCUT2D eigenvalue weighted by atomic mass is 35.5. The highest BCUT2D eigenvalue weighted by Crippen LogP contribution is 2.22. The van der Waals surface area contributed by atoms with Crippen molar-refractivity contribution in [2.45, 2.75) is 19.9 Å². The monoisotopic (exact) mass is 303 g/mol. The molecular formula is C16H15ClFN3. The molecule has 5 heteroatoms. The Kier molecular flexibility index (Phi) is 3.88. The number of imidazole rings is 1. The van der Waals surface area contributed by atoms with E-state index in [-0.39, 0.29) is 5.82 Å². The molecule has 108 valence electrons. The second-order valence-electron chi connectivity index (χ2n) is 5.00. The number of alkyl halides is 1. The fourth-order valence-electron chi connectivity index (χ4n) is 2.42. The van der Waals surface area contributed by atoms with Crippen molar-refractivity contribution in [1.82, 2.24) is 14.5 Å². The van der Waals surface area contributed by atoms with E-state index in [1.807, 2.05) is 18.2 Å². The van der Waals surface area contributed by atoms with E-state index in [1.54, 1.807) is 19.3 Å². The number of fused-ring (bicyclic) bond motifs is 1. The van der Waals surface area contributed by atoms with Crippen LogP contribution in [0.4, 0.5) is 4.39 Å².